The molecule has 30 heavy (non-hydrogen) atoms. The van der Waals surface area contributed by atoms with Gasteiger partial charge in [0.15, 0.2) is 5.60 Å². The lowest BCUT2D eigenvalue weighted by molar-refractivity contribution is 0.00578. The van der Waals surface area contributed by atoms with Crippen molar-refractivity contribution in [2.24, 2.45) is 0 Å². The smallest absolute Gasteiger partial charge is 0.477 e. The van der Waals surface area contributed by atoms with Crippen LogP contribution in [0.15, 0.2) is 72.8 Å². The minimum absolute atomic E-state index is 0.376. The van der Waals surface area contributed by atoms with Crippen molar-refractivity contribution >= 4 is 12.6 Å². The third-order valence-corrected chi connectivity index (χ3v) is 6.90. The van der Waals surface area contributed by atoms with Crippen LogP contribution in [0, 0.1) is 0 Å². The van der Waals surface area contributed by atoms with Gasteiger partial charge in [-0.25, -0.2) is 0 Å². The van der Waals surface area contributed by atoms with Crippen LogP contribution in [0.4, 0.5) is 0 Å². The monoisotopic (exact) mass is 398 g/mol. The Kier molecular flexibility index (Phi) is 4.19. The summed E-state index contributed by atoms with van der Waals surface area (Å²) in [5, 5.41) is 0. The predicted molar refractivity (Wildman–Crippen MR) is 121 cm³/mol. The molecule has 0 saturated carbocycles. The molecule has 0 aromatic heterocycles. The number of fused-ring (bicyclic) bond motifs is 3. The second kappa shape index (κ2) is 6.47. The fourth-order valence-corrected chi connectivity index (χ4v) is 4.34. The normalized spacial score (nSPS) is 23.4. The largest absolute Gasteiger partial charge is 0.494 e. The molecule has 0 N–H and O–H groups in total. The van der Waals surface area contributed by atoms with Crippen LogP contribution in [0.5, 0.6) is 5.75 Å². The molecule has 1 fully saturated rings. The summed E-state index contributed by atoms with van der Waals surface area (Å²) >= 11 is 0. The quantitative estimate of drug-likeness (QED) is 0.548. The molecule has 0 bridgehead atoms. The molecule has 0 aliphatic carbocycles. The maximum Gasteiger partial charge on any atom is 0.494 e. The molecule has 3 aromatic rings. The summed E-state index contributed by atoms with van der Waals surface area (Å²) in [4.78, 5) is 0. The highest BCUT2D eigenvalue weighted by atomic mass is 16.7. The Hall–Kier alpha value is -2.56. The Morgan fingerprint density at radius 2 is 1.30 bits per heavy atom. The Morgan fingerprint density at radius 1 is 0.667 bits per heavy atom. The molecule has 0 amide bonds. The molecule has 4 heteroatoms. The first-order valence-electron chi connectivity index (χ1n) is 10.6. The van der Waals surface area contributed by atoms with E-state index in [4.69, 9.17) is 14.0 Å². The van der Waals surface area contributed by atoms with Crippen LogP contribution in [-0.2, 0) is 14.9 Å². The van der Waals surface area contributed by atoms with Crippen LogP contribution in [0.3, 0.4) is 0 Å². The van der Waals surface area contributed by atoms with Crippen LogP contribution in [0.25, 0.3) is 11.1 Å². The number of ether oxygens (including phenoxy) is 1. The van der Waals surface area contributed by atoms with Gasteiger partial charge in [-0.1, -0.05) is 66.7 Å². The molecule has 152 valence electrons. The molecule has 1 atom stereocenters. The lowest BCUT2D eigenvalue weighted by Gasteiger charge is -2.38. The molecule has 2 aliphatic heterocycles. The summed E-state index contributed by atoms with van der Waals surface area (Å²) in [5.74, 6) is 0.903. The van der Waals surface area contributed by atoms with Crippen LogP contribution < -0.4 is 10.2 Å². The molecule has 3 aromatic carbocycles. The third kappa shape index (κ3) is 2.82. The Bertz CT molecular complexity index is 1090. The highest BCUT2D eigenvalue weighted by Gasteiger charge is 2.52. The van der Waals surface area contributed by atoms with Gasteiger partial charge in [-0.05, 0) is 57.3 Å². The molecule has 5 rings (SSSR count). The molecule has 1 saturated heterocycles. The summed E-state index contributed by atoms with van der Waals surface area (Å²) in [6, 6.07) is 25.1. The Labute approximate surface area is 179 Å². The summed E-state index contributed by atoms with van der Waals surface area (Å²) < 4.78 is 19.3. The molecule has 2 heterocycles. The highest BCUT2D eigenvalue weighted by molar-refractivity contribution is 6.62. The van der Waals surface area contributed by atoms with Gasteiger partial charge in [-0.3, -0.25) is 0 Å². The van der Waals surface area contributed by atoms with E-state index in [2.05, 4.69) is 89.2 Å². The van der Waals surface area contributed by atoms with E-state index in [0.717, 1.165) is 27.9 Å². The van der Waals surface area contributed by atoms with Gasteiger partial charge in [-0.2, -0.15) is 0 Å². The van der Waals surface area contributed by atoms with E-state index in [1.165, 1.54) is 5.56 Å². The first-order chi connectivity index (χ1) is 14.2. The number of rotatable bonds is 2. The number of hydrogen-bond acceptors (Lipinski definition) is 3. The van der Waals surface area contributed by atoms with Crippen LogP contribution >= 0.6 is 0 Å². The van der Waals surface area contributed by atoms with Crippen LogP contribution in [-0.4, -0.2) is 18.3 Å². The van der Waals surface area contributed by atoms with Crippen molar-refractivity contribution in [3.8, 4) is 16.9 Å². The first kappa shape index (κ1) is 19.4. The van der Waals surface area contributed by atoms with Crippen LogP contribution in [0.2, 0.25) is 0 Å². The fourth-order valence-electron chi connectivity index (χ4n) is 4.34. The predicted octanol–water partition coefficient (Wildman–Crippen LogP) is 5.31. The second-order valence-electron chi connectivity index (χ2n) is 9.39. The average molecular weight is 398 g/mol. The summed E-state index contributed by atoms with van der Waals surface area (Å²) in [6.45, 7) is 10.5. The third-order valence-electron chi connectivity index (χ3n) is 6.90. The first-order valence-corrected chi connectivity index (χ1v) is 10.6. The fraction of sp³-hybridized carbons (Fsp3) is 0.308. The van der Waals surface area contributed by atoms with E-state index in [0.29, 0.717) is 0 Å². The van der Waals surface area contributed by atoms with Gasteiger partial charge < -0.3 is 14.0 Å². The Morgan fingerprint density at radius 3 is 2.00 bits per heavy atom. The molecule has 2 aliphatic rings. The second-order valence-corrected chi connectivity index (χ2v) is 9.39. The number of para-hydroxylation sites is 1. The number of benzene rings is 3. The molecule has 3 nitrogen and oxygen atoms in total. The van der Waals surface area contributed by atoms with Gasteiger partial charge in [-0.15, -0.1) is 0 Å². The zero-order valence-electron chi connectivity index (χ0n) is 18.2. The van der Waals surface area contributed by atoms with Gasteiger partial charge >= 0.3 is 7.12 Å². The molecule has 0 radical (unpaired) electrons. The highest BCUT2D eigenvalue weighted by Crippen LogP contribution is 2.48. The lowest BCUT2D eigenvalue weighted by Crippen LogP contribution is -2.41. The molecule has 0 spiro atoms. The van der Waals surface area contributed by atoms with Crippen molar-refractivity contribution in [2.45, 2.75) is 51.4 Å². The van der Waals surface area contributed by atoms with E-state index >= 15 is 0 Å². The minimum Gasteiger partial charge on any atom is -0.477 e. The van der Waals surface area contributed by atoms with E-state index in [9.17, 15) is 0 Å². The van der Waals surface area contributed by atoms with Crippen LogP contribution in [0.1, 0.15) is 45.7 Å². The van der Waals surface area contributed by atoms with Crippen molar-refractivity contribution in [3.63, 3.8) is 0 Å². The maximum absolute atomic E-state index is 6.65. The van der Waals surface area contributed by atoms with Crippen molar-refractivity contribution < 1.29 is 14.0 Å². The topological polar surface area (TPSA) is 27.7 Å². The zero-order valence-corrected chi connectivity index (χ0v) is 18.2. The lowest BCUT2D eigenvalue weighted by atomic mass is 9.73. The Balaban J connectivity index is 1.67. The van der Waals surface area contributed by atoms with Gasteiger partial charge in [0.25, 0.3) is 0 Å². The maximum atomic E-state index is 6.65. The molecule has 1 unspecified atom stereocenters. The van der Waals surface area contributed by atoms with E-state index < -0.39 is 12.7 Å². The van der Waals surface area contributed by atoms with E-state index in [-0.39, 0.29) is 11.2 Å². The van der Waals surface area contributed by atoms with Gasteiger partial charge in [0.1, 0.15) is 5.75 Å². The van der Waals surface area contributed by atoms with E-state index in [1.807, 2.05) is 18.2 Å². The van der Waals surface area contributed by atoms with Crippen molar-refractivity contribution in [1.29, 1.82) is 0 Å². The van der Waals surface area contributed by atoms with Gasteiger partial charge in [0.2, 0.25) is 0 Å². The van der Waals surface area contributed by atoms with Crippen molar-refractivity contribution in [1.82, 2.24) is 0 Å². The summed E-state index contributed by atoms with van der Waals surface area (Å²) in [6.07, 6.45) is 0. The average Bonchev–Trinajstić information content (AvgIpc) is 2.96. The van der Waals surface area contributed by atoms with Crippen molar-refractivity contribution in [2.75, 3.05) is 0 Å². The van der Waals surface area contributed by atoms with E-state index in [1.54, 1.807) is 0 Å². The standard InChI is InChI=1S/C26H27BO3/c1-24(2)25(3,4)30-27(29-24)19-15-16-20-21-13-9-10-14-23(21)28-26(5,22(20)17-19)18-11-7-6-8-12-18/h6-17H,1-5H3. The number of hydrogen-bond donors (Lipinski definition) is 0. The zero-order chi connectivity index (χ0) is 21.1. The minimum atomic E-state index is -0.607. The molecular formula is C26H27BO3. The molecular weight excluding hydrogens is 371 g/mol. The van der Waals surface area contributed by atoms with Gasteiger partial charge in [0, 0.05) is 11.1 Å². The summed E-state index contributed by atoms with van der Waals surface area (Å²) in [7, 11) is -0.405. The SMILES string of the molecule is CC1(c2ccccc2)Oc2ccccc2-c2ccc(B3OC(C)(C)C(C)(C)O3)cc21. The van der Waals surface area contributed by atoms with Crippen molar-refractivity contribution in [3.05, 3.63) is 83.9 Å². The van der Waals surface area contributed by atoms with Gasteiger partial charge in [0.05, 0.1) is 11.2 Å². The summed E-state index contributed by atoms with van der Waals surface area (Å²) in [5.41, 5.74) is 4.19.